The topological polar surface area (TPSA) is 52.4 Å². The Morgan fingerprint density at radius 1 is 1.44 bits per heavy atom. The van der Waals surface area contributed by atoms with Crippen LogP contribution in [0.2, 0.25) is 5.02 Å². The molecule has 1 unspecified atom stereocenters. The first kappa shape index (κ1) is 15.1. The minimum Gasteiger partial charge on any atom is -0.487 e. The fraction of sp³-hybridized carbons (Fsp3) is 0.500. The van der Waals surface area contributed by atoms with Gasteiger partial charge in [0.15, 0.2) is 5.75 Å². The zero-order valence-corrected chi connectivity index (χ0v) is 11.6. The van der Waals surface area contributed by atoms with Gasteiger partial charge in [0.25, 0.3) is 0 Å². The highest BCUT2D eigenvalue weighted by atomic mass is 35.5. The molecule has 0 aromatic heterocycles. The van der Waals surface area contributed by atoms with Crippen molar-refractivity contribution in [1.82, 2.24) is 0 Å². The first-order valence-corrected chi connectivity index (χ1v) is 6.58. The second kappa shape index (κ2) is 7.44. The lowest BCUT2D eigenvalue weighted by molar-refractivity contribution is -0.385. The summed E-state index contributed by atoms with van der Waals surface area (Å²) in [5, 5.41) is 11.1. The Hall–Kier alpha value is -1.00. The molecule has 6 heteroatoms. The lowest BCUT2D eigenvalue weighted by Crippen LogP contribution is -2.06. The van der Waals surface area contributed by atoms with Crippen molar-refractivity contribution >= 4 is 28.9 Å². The molecule has 1 rings (SSSR count). The quantitative estimate of drug-likeness (QED) is 0.428. The van der Waals surface area contributed by atoms with Crippen LogP contribution in [0.4, 0.5) is 5.69 Å². The normalized spacial score (nSPS) is 12.2. The summed E-state index contributed by atoms with van der Waals surface area (Å²) in [5.41, 5.74) is -0.104. The van der Waals surface area contributed by atoms with Gasteiger partial charge in [-0.25, -0.2) is 0 Å². The van der Waals surface area contributed by atoms with E-state index in [0.29, 0.717) is 23.4 Å². The third-order valence-corrected chi connectivity index (χ3v) is 3.04. The second-order valence-corrected chi connectivity index (χ2v) is 4.90. The van der Waals surface area contributed by atoms with Gasteiger partial charge in [0.05, 0.1) is 11.5 Å². The average molecular weight is 292 g/mol. The van der Waals surface area contributed by atoms with Crippen LogP contribution in [-0.2, 0) is 0 Å². The van der Waals surface area contributed by atoms with E-state index < -0.39 is 4.92 Å². The molecule has 1 aromatic rings. The monoisotopic (exact) mass is 291 g/mol. The molecular formula is C12H15Cl2NO3. The molecule has 0 aliphatic heterocycles. The van der Waals surface area contributed by atoms with Gasteiger partial charge in [-0.15, -0.1) is 11.6 Å². The number of alkyl halides is 1. The van der Waals surface area contributed by atoms with Gasteiger partial charge in [-0.2, -0.15) is 0 Å². The van der Waals surface area contributed by atoms with Crippen molar-refractivity contribution in [3.05, 3.63) is 33.3 Å². The summed E-state index contributed by atoms with van der Waals surface area (Å²) in [6.07, 6.45) is 1.72. The van der Waals surface area contributed by atoms with Crippen LogP contribution in [0.1, 0.15) is 19.8 Å². The summed E-state index contributed by atoms with van der Waals surface area (Å²) < 4.78 is 5.43. The van der Waals surface area contributed by atoms with Gasteiger partial charge in [0.2, 0.25) is 0 Å². The van der Waals surface area contributed by atoms with Crippen LogP contribution >= 0.6 is 23.2 Å². The van der Waals surface area contributed by atoms with Gasteiger partial charge in [-0.3, -0.25) is 10.1 Å². The van der Waals surface area contributed by atoms with Crippen molar-refractivity contribution in [3.8, 4) is 5.75 Å². The SMILES string of the molecule is CC(CCCl)CCOc1ccc(Cl)cc1[N+](=O)[O-]. The summed E-state index contributed by atoms with van der Waals surface area (Å²) in [6, 6.07) is 4.39. The molecule has 0 heterocycles. The molecule has 100 valence electrons. The molecule has 0 N–H and O–H groups in total. The van der Waals surface area contributed by atoms with Gasteiger partial charge < -0.3 is 4.74 Å². The number of rotatable bonds is 7. The predicted octanol–water partition coefficient (Wildman–Crippen LogP) is 4.28. The van der Waals surface area contributed by atoms with Gasteiger partial charge in [0, 0.05) is 17.0 Å². The van der Waals surface area contributed by atoms with Crippen LogP contribution in [0.25, 0.3) is 0 Å². The largest absolute Gasteiger partial charge is 0.487 e. The highest BCUT2D eigenvalue weighted by Crippen LogP contribution is 2.30. The number of nitro benzene ring substituents is 1. The van der Waals surface area contributed by atoms with Crippen LogP contribution in [0.3, 0.4) is 0 Å². The van der Waals surface area contributed by atoms with E-state index in [2.05, 4.69) is 6.92 Å². The third kappa shape index (κ3) is 4.70. The Balaban J connectivity index is 2.59. The molecule has 1 atom stereocenters. The zero-order chi connectivity index (χ0) is 13.5. The third-order valence-electron chi connectivity index (χ3n) is 2.59. The Morgan fingerprint density at radius 2 is 2.17 bits per heavy atom. The lowest BCUT2D eigenvalue weighted by atomic mass is 10.1. The maximum atomic E-state index is 10.8. The van der Waals surface area contributed by atoms with E-state index in [1.807, 2.05) is 0 Å². The molecular weight excluding hydrogens is 277 g/mol. The van der Waals surface area contributed by atoms with Crippen molar-refractivity contribution in [2.75, 3.05) is 12.5 Å². The Kier molecular flexibility index (Phi) is 6.22. The van der Waals surface area contributed by atoms with E-state index in [-0.39, 0.29) is 11.4 Å². The molecule has 18 heavy (non-hydrogen) atoms. The molecule has 4 nitrogen and oxygen atoms in total. The Morgan fingerprint density at radius 3 is 2.78 bits per heavy atom. The summed E-state index contributed by atoms with van der Waals surface area (Å²) in [6.45, 7) is 2.50. The minimum absolute atomic E-state index is 0.104. The molecule has 1 aromatic carbocycles. The molecule has 0 amide bonds. The van der Waals surface area contributed by atoms with Crippen molar-refractivity contribution < 1.29 is 9.66 Å². The molecule has 0 bridgehead atoms. The van der Waals surface area contributed by atoms with E-state index in [1.54, 1.807) is 6.07 Å². The average Bonchev–Trinajstić information content (AvgIpc) is 2.31. The number of hydrogen-bond acceptors (Lipinski definition) is 3. The van der Waals surface area contributed by atoms with Crippen molar-refractivity contribution in [2.24, 2.45) is 5.92 Å². The fourth-order valence-electron chi connectivity index (χ4n) is 1.46. The van der Waals surface area contributed by atoms with Gasteiger partial charge in [-0.05, 0) is 30.9 Å². The number of benzene rings is 1. The van der Waals surface area contributed by atoms with Crippen LogP contribution in [0, 0.1) is 16.0 Å². The summed E-state index contributed by atoms with van der Waals surface area (Å²) >= 11 is 11.3. The van der Waals surface area contributed by atoms with Gasteiger partial charge in [-0.1, -0.05) is 18.5 Å². The molecule has 0 saturated carbocycles. The molecule has 0 aliphatic carbocycles. The zero-order valence-electron chi connectivity index (χ0n) is 10.1. The van der Waals surface area contributed by atoms with Crippen LogP contribution in [0.5, 0.6) is 5.75 Å². The maximum Gasteiger partial charge on any atom is 0.312 e. The Bertz CT molecular complexity index is 412. The smallest absolute Gasteiger partial charge is 0.312 e. The number of ether oxygens (including phenoxy) is 1. The lowest BCUT2D eigenvalue weighted by Gasteiger charge is -2.11. The van der Waals surface area contributed by atoms with Crippen LogP contribution in [0.15, 0.2) is 18.2 Å². The molecule has 0 saturated heterocycles. The van der Waals surface area contributed by atoms with E-state index in [9.17, 15) is 10.1 Å². The fourth-order valence-corrected chi connectivity index (χ4v) is 1.99. The second-order valence-electron chi connectivity index (χ2n) is 4.09. The number of nitrogens with zero attached hydrogens (tertiary/aromatic N) is 1. The first-order chi connectivity index (χ1) is 8.54. The molecule has 0 radical (unpaired) electrons. The van der Waals surface area contributed by atoms with E-state index in [1.165, 1.54) is 12.1 Å². The van der Waals surface area contributed by atoms with Gasteiger partial charge in [0.1, 0.15) is 0 Å². The van der Waals surface area contributed by atoms with Crippen molar-refractivity contribution in [3.63, 3.8) is 0 Å². The molecule has 0 spiro atoms. The minimum atomic E-state index is -0.497. The summed E-state index contributed by atoms with van der Waals surface area (Å²) in [4.78, 5) is 10.3. The van der Waals surface area contributed by atoms with Gasteiger partial charge >= 0.3 is 5.69 Å². The highest BCUT2D eigenvalue weighted by Gasteiger charge is 2.15. The van der Waals surface area contributed by atoms with Crippen LogP contribution in [-0.4, -0.2) is 17.4 Å². The summed E-state index contributed by atoms with van der Waals surface area (Å²) in [7, 11) is 0. The van der Waals surface area contributed by atoms with Crippen LogP contribution < -0.4 is 4.74 Å². The maximum absolute atomic E-state index is 10.8. The van der Waals surface area contributed by atoms with E-state index in [4.69, 9.17) is 27.9 Å². The van der Waals surface area contributed by atoms with Crippen molar-refractivity contribution in [2.45, 2.75) is 19.8 Å². The van der Waals surface area contributed by atoms with E-state index in [0.717, 1.165) is 12.8 Å². The number of halogens is 2. The first-order valence-electron chi connectivity index (χ1n) is 5.67. The number of nitro groups is 1. The van der Waals surface area contributed by atoms with E-state index >= 15 is 0 Å². The Labute approximate surface area is 116 Å². The highest BCUT2D eigenvalue weighted by molar-refractivity contribution is 6.30. The van der Waals surface area contributed by atoms with Crippen molar-refractivity contribution in [1.29, 1.82) is 0 Å². The molecule has 0 fully saturated rings. The number of hydrogen-bond donors (Lipinski definition) is 0. The molecule has 0 aliphatic rings. The summed E-state index contributed by atoms with van der Waals surface area (Å²) in [5.74, 6) is 1.30. The predicted molar refractivity (Wildman–Crippen MR) is 72.7 cm³/mol. The standard InChI is InChI=1S/C12H15Cl2NO3/c1-9(4-6-13)5-7-18-12-3-2-10(14)8-11(12)15(16)17/h2-3,8-9H,4-7H2,1H3.